The maximum atomic E-state index is 5.43. The van der Waals surface area contributed by atoms with Crippen molar-refractivity contribution in [2.24, 2.45) is 0 Å². The van der Waals surface area contributed by atoms with Crippen molar-refractivity contribution in [1.82, 2.24) is 5.32 Å². The van der Waals surface area contributed by atoms with Gasteiger partial charge in [-0.15, -0.1) is 0 Å². The molecule has 17 heavy (non-hydrogen) atoms. The van der Waals surface area contributed by atoms with E-state index in [1.807, 2.05) is 6.07 Å². The van der Waals surface area contributed by atoms with E-state index >= 15 is 0 Å². The maximum absolute atomic E-state index is 5.43. The molecule has 0 saturated carbocycles. The Morgan fingerprint density at radius 2 is 1.88 bits per heavy atom. The molecule has 0 fully saturated rings. The summed E-state index contributed by atoms with van der Waals surface area (Å²) in [5, 5.41) is 3.39. The standard InChI is InChI=1S/C14H16BrNO/c1-10(2)16-9-11-3-5-12(6-4-11)14-13(15)7-8-17-14/h3-8,10,16H,9H2,1-2H3. The summed E-state index contributed by atoms with van der Waals surface area (Å²) in [7, 11) is 0. The molecular weight excluding hydrogens is 278 g/mol. The van der Waals surface area contributed by atoms with Gasteiger partial charge in [0.2, 0.25) is 0 Å². The lowest BCUT2D eigenvalue weighted by molar-refractivity contribution is 0.580. The van der Waals surface area contributed by atoms with E-state index in [9.17, 15) is 0 Å². The lowest BCUT2D eigenvalue weighted by Gasteiger charge is -2.08. The number of benzene rings is 1. The second kappa shape index (κ2) is 5.52. The predicted molar refractivity (Wildman–Crippen MR) is 73.8 cm³/mol. The van der Waals surface area contributed by atoms with Gasteiger partial charge in [0, 0.05) is 18.2 Å². The van der Waals surface area contributed by atoms with Gasteiger partial charge in [-0.05, 0) is 27.6 Å². The minimum absolute atomic E-state index is 0.508. The molecule has 0 radical (unpaired) electrons. The van der Waals surface area contributed by atoms with Crippen LogP contribution in [0.5, 0.6) is 0 Å². The number of hydrogen-bond donors (Lipinski definition) is 1. The highest BCUT2D eigenvalue weighted by atomic mass is 79.9. The molecule has 3 heteroatoms. The summed E-state index contributed by atoms with van der Waals surface area (Å²) >= 11 is 3.47. The summed E-state index contributed by atoms with van der Waals surface area (Å²) < 4.78 is 6.42. The van der Waals surface area contributed by atoms with Crippen molar-refractivity contribution < 1.29 is 4.42 Å². The van der Waals surface area contributed by atoms with Crippen LogP contribution in [0.2, 0.25) is 0 Å². The van der Waals surface area contributed by atoms with Crippen LogP contribution in [0.4, 0.5) is 0 Å². The molecule has 0 atom stereocenters. The van der Waals surface area contributed by atoms with Gasteiger partial charge in [-0.3, -0.25) is 0 Å². The van der Waals surface area contributed by atoms with E-state index in [4.69, 9.17) is 4.42 Å². The van der Waals surface area contributed by atoms with Crippen molar-refractivity contribution in [2.45, 2.75) is 26.4 Å². The van der Waals surface area contributed by atoms with E-state index in [0.717, 1.165) is 22.3 Å². The van der Waals surface area contributed by atoms with Crippen LogP contribution < -0.4 is 5.32 Å². The minimum Gasteiger partial charge on any atom is -0.463 e. The fraction of sp³-hybridized carbons (Fsp3) is 0.286. The Labute approximate surface area is 110 Å². The molecule has 0 aliphatic rings. The Hall–Kier alpha value is -1.06. The van der Waals surface area contributed by atoms with Crippen molar-refractivity contribution in [2.75, 3.05) is 0 Å². The molecule has 1 aromatic heterocycles. The molecule has 1 aromatic carbocycles. The van der Waals surface area contributed by atoms with Gasteiger partial charge >= 0.3 is 0 Å². The molecule has 0 bridgehead atoms. The normalized spacial score (nSPS) is 11.1. The van der Waals surface area contributed by atoms with Crippen molar-refractivity contribution >= 4 is 15.9 Å². The minimum atomic E-state index is 0.508. The molecule has 0 amide bonds. The fourth-order valence-corrected chi connectivity index (χ4v) is 2.03. The first kappa shape index (κ1) is 12.4. The monoisotopic (exact) mass is 293 g/mol. The zero-order chi connectivity index (χ0) is 12.3. The zero-order valence-corrected chi connectivity index (χ0v) is 11.6. The Morgan fingerprint density at radius 3 is 2.41 bits per heavy atom. The highest BCUT2D eigenvalue weighted by molar-refractivity contribution is 9.10. The third kappa shape index (κ3) is 3.20. The van der Waals surface area contributed by atoms with E-state index in [2.05, 4.69) is 59.4 Å². The second-order valence-electron chi connectivity index (χ2n) is 4.33. The third-order valence-corrected chi connectivity index (χ3v) is 3.17. The van der Waals surface area contributed by atoms with Gasteiger partial charge in [-0.2, -0.15) is 0 Å². The van der Waals surface area contributed by atoms with Crippen molar-refractivity contribution in [3.63, 3.8) is 0 Å². The highest BCUT2D eigenvalue weighted by Gasteiger charge is 2.06. The van der Waals surface area contributed by atoms with E-state index in [1.54, 1.807) is 6.26 Å². The highest BCUT2D eigenvalue weighted by Crippen LogP contribution is 2.29. The average molecular weight is 294 g/mol. The molecule has 0 aliphatic carbocycles. The third-order valence-electron chi connectivity index (χ3n) is 2.55. The fourth-order valence-electron chi connectivity index (χ4n) is 1.60. The van der Waals surface area contributed by atoms with Gasteiger partial charge in [0.15, 0.2) is 0 Å². The van der Waals surface area contributed by atoms with E-state index in [1.165, 1.54) is 5.56 Å². The first-order chi connectivity index (χ1) is 8.16. The summed E-state index contributed by atoms with van der Waals surface area (Å²) in [5.41, 5.74) is 2.38. The second-order valence-corrected chi connectivity index (χ2v) is 5.18. The molecule has 1 N–H and O–H groups in total. The molecule has 0 spiro atoms. The van der Waals surface area contributed by atoms with Crippen LogP contribution in [0, 0.1) is 0 Å². The molecule has 2 nitrogen and oxygen atoms in total. The van der Waals surface area contributed by atoms with Crippen LogP contribution in [-0.2, 0) is 6.54 Å². The summed E-state index contributed by atoms with van der Waals surface area (Å²) in [6.45, 7) is 5.19. The van der Waals surface area contributed by atoms with E-state index in [-0.39, 0.29) is 0 Å². The molecule has 2 rings (SSSR count). The first-order valence-corrected chi connectivity index (χ1v) is 6.52. The summed E-state index contributed by atoms with van der Waals surface area (Å²) in [4.78, 5) is 0. The molecule has 1 heterocycles. The Kier molecular flexibility index (Phi) is 4.02. The average Bonchev–Trinajstić information content (AvgIpc) is 2.73. The van der Waals surface area contributed by atoms with Crippen molar-refractivity contribution in [3.8, 4) is 11.3 Å². The molecule has 2 aromatic rings. The summed E-state index contributed by atoms with van der Waals surface area (Å²) in [6.07, 6.45) is 1.69. The van der Waals surface area contributed by atoms with Crippen molar-refractivity contribution in [1.29, 1.82) is 0 Å². The Bertz CT molecular complexity index is 473. The van der Waals surface area contributed by atoms with Crippen LogP contribution in [-0.4, -0.2) is 6.04 Å². The van der Waals surface area contributed by atoms with Gasteiger partial charge in [0.1, 0.15) is 5.76 Å². The van der Waals surface area contributed by atoms with Gasteiger partial charge in [-0.25, -0.2) is 0 Å². The van der Waals surface area contributed by atoms with Gasteiger partial charge in [0.05, 0.1) is 10.7 Å². The van der Waals surface area contributed by atoms with Gasteiger partial charge in [-0.1, -0.05) is 38.1 Å². The molecular formula is C14H16BrNO. The van der Waals surface area contributed by atoms with Crippen molar-refractivity contribution in [3.05, 3.63) is 46.6 Å². The molecule has 0 saturated heterocycles. The number of hydrogen-bond acceptors (Lipinski definition) is 2. The summed E-state index contributed by atoms with van der Waals surface area (Å²) in [5.74, 6) is 0.883. The molecule has 0 aliphatic heterocycles. The van der Waals surface area contributed by atoms with Gasteiger partial charge < -0.3 is 9.73 Å². The lowest BCUT2D eigenvalue weighted by atomic mass is 10.1. The quantitative estimate of drug-likeness (QED) is 0.914. The van der Waals surface area contributed by atoms with E-state index in [0.29, 0.717) is 6.04 Å². The van der Waals surface area contributed by atoms with Crippen LogP contribution in [0.25, 0.3) is 11.3 Å². The van der Waals surface area contributed by atoms with E-state index < -0.39 is 0 Å². The van der Waals surface area contributed by atoms with Crippen LogP contribution in [0.15, 0.2) is 45.5 Å². The van der Waals surface area contributed by atoms with Gasteiger partial charge in [0.25, 0.3) is 0 Å². The largest absolute Gasteiger partial charge is 0.463 e. The predicted octanol–water partition coefficient (Wildman–Crippen LogP) is 4.21. The Morgan fingerprint density at radius 1 is 1.18 bits per heavy atom. The molecule has 90 valence electrons. The zero-order valence-electron chi connectivity index (χ0n) is 10.0. The smallest absolute Gasteiger partial charge is 0.148 e. The summed E-state index contributed by atoms with van der Waals surface area (Å²) in [6, 6.07) is 10.8. The maximum Gasteiger partial charge on any atom is 0.148 e. The number of rotatable bonds is 4. The lowest BCUT2D eigenvalue weighted by Crippen LogP contribution is -2.21. The Balaban J connectivity index is 2.11. The topological polar surface area (TPSA) is 25.2 Å². The number of furan rings is 1. The number of halogens is 1. The first-order valence-electron chi connectivity index (χ1n) is 5.72. The van der Waals surface area contributed by atoms with Crippen LogP contribution >= 0.6 is 15.9 Å². The SMILES string of the molecule is CC(C)NCc1ccc(-c2occc2Br)cc1. The van der Waals surface area contributed by atoms with Crippen LogP contribution in [0.3, 0.4) is 0 Å². The molecule has 0 unspecified atom stereocenters. The number of nitrogens with one attached hydrogen (secondary N) is 1. The van der Waals surface area contributed by atoms with Crippen LogP contribution in [0.1, 0.15) is 19.4 Å².